The Bertz CT molecular complexity index is 346. The van der Waals surface area contributed by atoms with Crippen LogP contribution in [0.1, 0.15) is 0 Å². The van der Waals surface area contributed by atoms with Crippen molar-refractivity contribution in [1.82, 2.24) is 0 Å². The molecule has 0 saturated heterocycles. The molecule has 0 saturated carbocycles. The molecule has 0 radical (unpaired) electrons. The van der Waals surface area contributed by atoms with E-state index >= 15 is 0 Å². The molecule has 0 unspecified atom stereocenters. The molecule has 1 rings (SSSR count). The maximum absolute atomic E-state index is 10.5. The number of rotatable bonds is 1. The average Bonchev–Trinajstić information content (AvgIpc) is 1.86. The minimum absolute atomic E-state index is 0. The first-order chi connectivity index (χ1) is 5.00. The van der Waals surface area contributed by atoms with Crippen molar-refractivity contribution in [2.45, 2.75) is 4.90 Å². The fourth-order valence-electron chi connectivity index (χ4n) is 0.607. The van der Waals surface area contributed by atoms with Gasteiger partial charge in [-0.2, -0.15) is 8.42 Å². The quantitative estimate of drug-likeness (QED) is 0.475. The van der Waals surface area contributed by atoms with Gasteiger partial charge in [-0.25, -0.2) is 0 Å². The zero-order valence-electron chi connectivity index (χ0n) is 6.07. The molecule has 0 aliphatic rings. The van der Waals surface area contributed by atoms with Crippen LogP contribution >= 0.6 is 22.6 Å². The van der Waals surface area contributed by atoms with E-state index in [-0.39, 0.29) is 24.4 Å². The summed E-state index contributed by atoms with van der Waals surface area (Å²) in [5, 5.41) is 0. The smallest absolute Gasteiger partial charge is 0.282 e. The van der Waals surface area contributed by atoms with Gasteiger partial charge in [-0.3, -0.25) is 4.55 Å². The zero-order chi connectivity index (χ0) is 8.48. The predicted octanol–water partition coefficient (Wildman–Crippen LogP) is 1.54. The van der Waals surface area contributed by atoms with Gasteiger partial charge in [0.05, 0.1) is 4.90 Å². The van der Waals surface area contributed by atoms with Crippen molar-refractivity contribution < 1.29 is 32.4 Å². The van der Waals surface area contributed by atoms with Crippen LogP contribution in [0.3, 0.4) is 0 Å². The Morgan fingerprint density at radius 1 is 1.17 bits per heavy atom. The summed E-state index contributed by atoms with van der Waals surface area (Å²) in [6, 6.07) is 5.95. The van der Waals surface area contributed by atoms with E-state index in [1.165, 1.54) is 12.1 Å². The SMILES string of the molecule is O=S(=O)(O)c1ccc(I)cc1.[Zn]. The Hall–Kier alpha value is 0.483. The number of hydrogen-bond acceptors (Lipinski definition) is 2. The molecular formula is C6H5IO3SZn. The van der Waals surface area contributed by atoms with E-state index in [1.807, 2.05) is 22.6 Å². The van der Waals surface area contributed by atoms with Gasteiger partial charge in [-0.1, -0.05) is 0 Å². The van der Waals surface area contributed by atoms with E-state index in [4.69, 9.17) is 4.55 Å². The first kappa shape index (κ1) is 12.5. The van der Waals surface area contributed by atoms with Crippen LogP contribution in [0.4, 0.5) is 0 Å². The van der Waals surface area contributed by atoms with Crippen LogP contribution in [-0.2, 0) is 29.6 Å². The van der Waals surface area contributed by atoms with Crippen molar-refractivity contribution in [3.05, 3.63) is 27.8 Å². The second kappa shape index (κ2) is 4.64. The van der Waals surface area contributed by atoms with Crippen LogP contribution < -0.4 is 0 Å². The van der Waals surface area contributed by atoms with Crippen molar-refractivity contribution in [3.63, 3.8) is 0 Å². The Balaban J connectivity index is 0.00000121. The van der Waals surface area contributed by atoms with Crippen LogP contribution in [0.25, 0.3) is 0 Å². The molecule has 62 valence electrons. The summed E-state index contributed by atoms with van der Waals surface area (Å²) in [4.78, 5) is -0.0714. The third kappa shape index (κ3) is 3.47. The summed E-state index contributed by atoms with van der Waals surface area (Å²) in [6.07, 6.45) is 0. The maximum atomic E-state index is 10.5. The predicted molar refractivity (Wildman–Crippen MR) is 49.0 cm³/mol. The summed E-state index contributed by atoms with van der Waals surface area (Å²) in [7, 11) is -4.02. The van der Waals surface area contributed by atoms with Crippen LogP contribution in [-0.4, -0.2) is 13.0 Å². The first-order valence-electron chi connectivity index (χ1n) is 2.73. The molecule has 0 aromatic heterocycles. The minimum atomic E-state index is -4.02. The van der Waals surface area contributed by atoms with E-state index in [2.05, 4.69) is 0 Å². The Morgan fingerprint density at radius 3 is 1.92 bits per heavy atom. The Kier molecular flexibility index (Phi) is 4.83. The topological polar surface area (TPSA) is 54.4 Å². The fourth-order valence-corrected chi connectivity index (χ4v) is 1.45. The molecule has 3 nitrogen and oxygen atoms in total. The van der Waals surface area contributed by atoms with Crippen LogP contribution in [0.2, 0.25) is 0 Å². The van der Waals surface area contributed by atoms with E-state index in [0.29, 0.717) is 0 Å². The van der Waals surface area contributed by atoms with E-state index < -0.39 is 10.1 Å². The molecule has 6 heteroatoms. The molecule has 1 aromatic carbocycles. The van der Waals surface area contributed by atoms with E-state index in [1.54, 1.807) is 12.1 Å². The summed E-state index contributed by atoms with van der Waals surface area (Å²) in [5.74, 6) is 0. The average molecular weight is 349 g/mol. The van der Waals surface area contributed by atoms with Gasteiger partial charge in [0.2, 0.25) is 0 Å². The van der Waals surface area contributed by atoms with Gasteiger partial charge < -0.3 is 0 Å². The van der Waals surface area contributed by atoms with Crippen LogP contribution in [0.5, 0.6) is 0 Å². The minimum Gasteiger partial charge on any atom is -0.282 e. The van der Waals surface area contributed by atoms with Gasteiger partial charge in [0.1, 0.15) is 0 Å². The summed E-state index contributed by atoms with van der Waals surface area (Å²) in [6.45, 7) is 0. The molecule has 0 fully saturated rings. The number of halogens is 1. The molecule has 12 heavy (non-hydrogen) atoms. The van der Waals surface area contributed by atoms with Crippen molar-refractivity contribution in [2.24, 2.45) is 0 Å². The standard InChI is InChI=1S/C6H5IO3S.Zn/c7-5-1-3-6(4-2-5)11(8,9)10;/h1-4H,(H,8,9,10);. The summed E-state index contributed by atoms with van der Waals surface area (Å²) in [5.41, 5.74) is 0. The second-order valence-electron chi connectivity index (χ2n) is 1.93. The third-order valence-electron chi connectivity index (χ3n) is 1.11. The molecule has 0 aliphatic carbocycles. The van der Waals surface area contributed by atoms with Crippen molar-refractivity contribution >= 4 is 32.7 Å². The third-order valence-corrected chi connectivity index (χ3v) is 2.70. The molecule has 0 atom stereocenters. The van der Waals surface area contributed by atoms with Gasteiger partial charge in [-0.15, -0.1) is 0 Å². The van der Waals surface area contributed by atoms with Gasteiger partial charge in [-0.05, 0) is 46.9 Å². The summed E-state index contributed by atoms with van der Waals surface area (Å²) >= 11 is 2.05. The Morgan fingerprint density at radius 2 is 1.58 bits per heavy atom. The van der Waals surface area contributed by atoms with Gasteiger partial charge >= 0.3 is 0 Å². The van der Waals surface area contributed by atoms with Crippen molar-refractivity contribution in [1.29, 1.82) is 0 Å². The Labute approximate surface area is 97.2 Å². The van der Waals surface area contributed by atoms with Gasteiger partial charge in [0.25, 0.3) is 10.1 Å². The van der Waals surface area contributed by atoms with Crippen LogP contribution in [0.15, 0.2) is 29.2 Å². The fraction of sp³-hybridized carbons (Fsp3) is 0. The molecule has 0 spiro atoms. The van der Waals surface area contributed by atoms with Gasteiger partial charge in [0, 0.05) is 23.0 Å². The van der Waals surface area contributed by atoms with E-state index in [9.17, 15) is 8.42 Å². The van der Waals surface area contributed by atoms with Gasteiger partial charge in [0.15, 0.2) is 0 Å². The number of benzene rings is 1. The molecule has 1 aromatic rings. The molecule has 0 bridgehead atoms. The molecule has 0 amide bonds. The monoisotopic (exact) mass is 348 g/mol. The van der Waals surface area contributed by atoms with Crippen LogP contribution in [0, 0.1) is 3.57 Å². The second-order valence-corrected chi connectivity index (χ2v) is 4.60. The van der Waals surface area contributed by atoms with E-state index in [0.717, 1.165) is 3.57 Å². The largest absolute Gasteiger partial charge is 0.294 e. The molecule has 0 heterocycles. The molecule has 0 aliphatic heterocycles. The first-order valence-corrected chi connectivity index (χ1v) is 5.25. The maximum Gasteiger partial charge on any atom is 0.294 e. The summed E-state index contributed by atoms with van der Waals surface area (Å²) < 4.78 is 30.5. The normalized spacial score (nSPS) is 10.5. The van der Waals surface area contributed by atoms with Crippen molar-refractivity contribution in [3.8, 4) is 0 Å². The number of hydrogen-bond donors (Lipinski definition) is 1. The molecular weight excluding hydrogens is 344 g/mol. The zero-order valence-corrected chi connectivity index (χ0v) is 12.0. The molecule has 1 N–H and O–H groups in total. The van der Waals surface area contributed by atoms with Crippen molar-refractivity contribution in [2.75, 3.05) is 0 Å².